The molecule has 4 heteroatoms. The van der Waals surface area contributed by atoms with Crippen LogP contribution in [-0.4, -0.2) is 9.55 Å². The van der Waals surface area contributed by atoms with Gasteiger partial charge < -0.3 is 4.57 Å². The molecule has 0 radical (unpaired) electrons. The summed E-state index contributed by atoms with van der Waals surface area (Å²) in [4.78, 5) is 4.50. The van der Waals surface area contributed by atoms with E-state index in [4.69, 9.17) is 11.6 Å². The Labute approximate surface area is 102 Å². The van der Waals surface area contributed by atoms with Gasteiger partial charge in [-0.3, -0.25) is 0 Å². The molecule has 0 saturated heterocycles. The summed E-state index contributed by atoms with van der Waals surface area (Å²) in [6.45, 7) is 3.12. The molecule has 0 unspecified atom stereocenters. The van der Waals surface area contributed by atoms with Gasteiger partial charge in [0, 0.05) is 11.0 Å². The molecule has 2 rings (SSSR count). The molecule has 0 aliphatic heterocycles. The van der Waals surface area contributed by atoms with Crippen molar-refractivity contribution in [1.29, 1.82) is 0 Å². The molecule has 2 aromatic rings. The van der Waals surface area contributed by atoms with Gasteiger partial charge in [-0.1, -0.05) is 22.9 Å². The number of halogens is 2. The second kappa shape index (κ2) is 4.54. The van der Waals surface area contributed by atoms with E-state index in [-0.39, 0.29) is 0 Å². The minimum absolute atomic E-state index is 0.465. The van der Waals surface area contributed by atoms with Crippen LogP contribution in [0, 0.1) is 0 Å². The summed E-state index contributed by atoms with van der Waals surface area (Å²) in [7, 11) is 0. The highest BCUT2D eigenvalue weighted by Crippen LogP contribution is 2.22. The zero-order chi connectivity index (χ0) is 10.8. The van der Waals surface area contributed by atoms with Crippen LogP contribution >= 0.6 is 27.5 Å². The van der Waals surface area contributed by atoms with E-state index >= 15 is 0 Å². The highest BCUT2D eigenvalue weighted by Gasteiger charge is 2.08. The van der Waals surface area contributed by atoms with Crippen molar-refractivity contribution in [3.05, 3.63) is 28.5 Å². The summed E-state index contributed by atoms with van der Waals surface area (Å²) in [5, 5.41) is 0. The summed E-state index contributed by atoms with van der Waals surface area (Å²) in [6, 6.07) is 6.11. The third-order valence-electron chi connectivity index (χ3n) is 2.36. The van der Waals surface area contributed by atoms with Crippen LogP contribution in [0.5, 0.6) is 0 Å². The lowest BCUT2D eigenvalue weighted by Gasteiger charge is -2.05. The van der Waals surface area contributed by atoms with E-state index in [0.29, 0.717) is 5.88 Å². The van der Waals surface area contributed by atoms with Gasteiger partial charge in [0.1, 0.15) is 5.82 Å². The van der Waals surface area contributed by atoms with Crippen molar-refractivity contribution in [3.63, 3.8) is 0 Å². The predicted molar refractivity (Wildman–Crippen MR) is 67.3 cm³/mol. The first-order valence-electron chi connectivity index (χ1n) is 4.97. The van der Waals surface area contributed by atoms with Gasteiger partial charge >= 0.3 is 0 Å². The molecule has 2 nitrogen and oxygen atoms in total. The van der Waals surface area contributed by atoms with Crippen molar-refractivity contribution in [2.45, 2.75) is 25.8 Å². The molecule has 0 aliphatic rings. The quantitative estimate of drug-likeness (QED) is 0.782. The van der Waals surface area contributed by atoms with Gasteiger partial charge in [0.15, 0.2) is 0 Å². The summed E-state index contributed by atoms with van der Waals surface area (Å²) >= 11 is 9.36. The maximum Gasteiger partial charge on any atom is 0.124 e. The van der Waals surface area contributed by atoms with Crippen LogP contribution in [0.3, 0.4) is 0 Å². The Kier molecular flexibility index (Phi) is 3.32. The van der Waals surface area contributed by atoms with Gasteiger partial charge in [0.05, 0.1) is 16.9 Å². The Balaban J connectivity index is 2.65. The van der Waals surface area contributed by atoms with E-state index in [1.165, 1.54) is 0 Å². The second-order valence-corrected chi connectivity index (χ2v) is 4.63. The molecule has 1 aromatic carbocycles. The van der Waals surface area contributed by atoms with E-state index in [1.54, 1.807) is 0 Å². The minimum Gasteiger partial charge on any atom is -0.327 e. The van der Waals surface area contributed by atoms with Crippen molar-refractivity contribution in [3.8, 4) is 0 Å². The highest BCUT2D eigenvalue weighted by atomic mass is 79.9. The van der Waals surface area contributed by atoms with Crippen LogP contribution in [0.1, 0.15) is 19.2 Å². The molecule has 0 bridgehead atoms. The van der Waals surface area contributed by atoms with Gasteiger partial charge in [-0.05, 0) is 24.6 Å². The second-order valence-electron chi connectivity index (χ2n) is 3.45. The van der Waals surface area contributed by atoms with Crippen LogP contribution < -0.4 is 0 Å². The molecular weight excluding hydrogens is 275 g/mol. The fourth-order valence-electron chi connectivity index (χ4n) is 1.72. The zero-order valence-corrected chi connectivity index (χ0v) is 10.8. The van der Waals surface area contributed by atoms with Gasteiger partial charge in [-0.25, -0.2) is 4.98 Å². The van der Waals surface area contributed by atoms with Crippen LogP contribution in [0.15, 0.2) is 22.7 Å². The number of aromatic nitrogens is 2. The number of rotatable bonds is 3. The van der Waals surface area contributed by atoms with Crippen molar-refractivity contribution >= 4 is 38.6 Å². The minimum atomic E-state index is 0.465. The molecule has 0 atom stereocenters. The Hall–Kier alpha value is -0.540. The summed E-state index contributed by atoms with van der Waals surface area (Å²) in [5.74, 6) is 1.42. The zero-order valence-electron chi connectivity index (χ0n) is 8.50. The van der Waals surface area contributed by atoms with E-state index in [1.807, 2.05) is 12.1 Å². The number of hydrogen-bond acceptors (Lipinski definition) is 1. The number of nitrogens with zero attached hydrogens (tertiary/aromatic N) is 2. The monoisotopic (exact) mass is 286 g/mol. The predicted octanol–water partition coefficient (Wildman–Crippen LogP) is 3.95. The maximum atomic E-state index is 5.88. The van der Waals surface area contributed by atoms with E-state index in [9.17, 15) is 0 Å². The number of alkyl halides is 1. The fourth-order valence-corrected chi connectivity index (χ4v) is 2.27. The highest BCUT2D eigenvalue weighted by molar-refractivity contribution is 9.10. The normalized spacial score (nSPS) is 11.1. The standard InChI is InChI=1S/C11H12BrClN2/c1-2-5-15-10-6-8(12)3-4-9(10)14-11(15)7-13/h3-4,6H,2,5,7H2,1H3. The Morgan fingerprint density at radius 3 is 2.93 bits per heavy atom. The molecule has 15 heavy (non-hydrogen) atoms. The SMILES string of the molecule is CCCn1c(CCl)nc2ccc(Br)cc21. The topological polar surface area (TPSA) is 17.8 Å². The molecule has 0 aliphatic carbocycles. The Morgan fingerprint density at radius 2 is 2.27 bits per heavy atom. The van der Waals surface area contributed by atoms with Gasteiger partial charge in [0.25, 0.3) is 0 Å². The van der Waals surface area contributed by atoms with E-state index < -0.39 is 0 Å². The molecule has 0 spiro atoms. The largest absolute Gasteiger partial charge is 0.327 e. The fraction of sp³-hybridized carbons (Fsp3) is 0.364. The molecular formula is C11H12BrClN2. The smallest absolute Gasteiger partial charge is 0.124 e. The number of fused-ring (bicyclic) bond motifs is 1. The van der Waals surface area contributed by atoms with Crippen molar-refractivity contribution in [1.82, 2.24) is 9.55 Å². The summed E-state index contributed by atoms with van der Waals surface area (Å²) < 4.78 is 3.26. The first-order chi connectivity index (χ1) is 7.26. The number of aryl methyl sites for hydroxylation is 1. The third-order valence-corrected chi connectivity index (χ3v) is 3.09. The first kappa shape index (κ1) is 11.0. The molecule has 80 valence electrons. The summed E-state index contributed by atoms with van der Waals surface area (Å²) in [5.41, 5.74) is 2.17. The third kappa shape index (κ3) is 2.04. The Bertz CT molecular complexity index is 479. The lowest BCUT2D eigenvalue weighted by molar-refractivity contribution is 0.672. The van der Waals surface area contributed by atoms with Crippen LogP contribution in [0.25, 0.3) is 11.0 Å². The van der Waals surface area contributed by atoms with Crippen LogP contribution in [0.4, 0.5) is 0 Å². The number of hydrogen-bond donors (Lipinski definition) is 0. The van der Waals surface area contributed by atoms with Gasteiger partial charge in [-0.15, -0.1) is 11.6 Å². The van der Waals surface area contributed by atoms with E-state index in [0.717, 1.165) is 34.3 Å². The Morgan fingerprint density at radius 1 is 1.47 bits per heavy atom. The van der Waals surface area contributed by atoms with Crippen LogP contribution in [0.2, 0.25) is 0 Å². The summed E-state index contributed by atoms with van der Waals surface area (Å²) in [6.07, 6.45) is 1.09. The molecule has 1 aromatic heterocycles. The van der Waals surface area contributed by atoms with Crippen molar-refractivity contribution in [2.75, 3.05) is 0 Å². The lowest BCUT2D eigenvalue weighted by atomic mass is 10.3. The van der Waals surface area contributed by atoms with Crippen molar-refractivity contribution < 1.29 is 0 Å². The van der Waals surface area contributed by atoms with Gasteiger partial charge in [-0.2, -0.15) is 0 Å². The molecule has 0 saturated carbocycles. The molecule has 0 amide bonds. The maximum absolute atomic E-state index is 5.88. The van der Waals surface area contributed by atoms with Crippen molar-refractivity contribution in [2.24, 2.45) is 0 Å². The average Bonchev–Trinajstić information content (AvgIpc) is 2.57. The number of benzene rings is 1. The van der Waals surface area contributed by atoms with Gasteiger partial charge in [0.2, 0.25) is 0 Å². The number of imidazole rings is 1. The average molecular weight is 288 g/mol. The molecule has 0 fully saturated rings. The lowest BCUT2D eigenvalue weighted by Crippen LogP contribution is -2.01. The van der Waals surface area contributed by atoms with E-state index in [2.05, 4.69) is 38.5 Å². The molecule has 0 N–H and O–H groups in total. The van der Waals surface area contributed by atoms with Crippen LogP contribution in [-0.2, 0) is 12.4 Å². The first-order valence-corrected chi connectivity index (χ1v) is 6.29. The molecule has 1 heterocycles.